The lowest BCUT2D eigenvalue weighted by atomic mass is 9.82. The summed E-state index contributed by atoms with van der Waals surface area (Å²) < 4.78 is 0. The van der Waals surface area contributed by atoms with Gasteiger partial charge in [0.05, 0.1) is 0 Å². The molecule has 2 atom stereocenters. The molecule has 0 aromatic rings. The minimum absolute atomic E-state index is 0. The summed E-state index contributed by atoms with van der Waals surface area (Å²) in [7, 11) is 0. The molecule has 0 bridgehead atoms. The Morgan fingerprint density at radius 1 is 1.45 bits per heavy atom. The van der Waals surface area contributed by atoms with E-state index >= 15 is 0 Å². The predicted molar refractivity (Wildman–Crippen MR) is 47.6 cm³/mol. The third kappa shape index (κ3) is 3.10. The third-order valence-corrected chi connectivity index (χ3v) is 2.34. The van der Waals surface area contributed by atoms with E-state index < -0.39 is 0 Å². The molecule has 1 aliphatic rings. The molecule has 0 aromatic carbocycles. The second-order valence-corrected chi connectivity index (χ2v) is 3.37. The van der Waals surface area contributed by atoms with Gasteiger partial charge in [-0.05, 0) is 18.8 Å². The fraction of sp³-hybridized carbons (Fsp3) is 0.875. The summed E-state index contributed by atoms with van der Waals surface area (Å²) in [5, 5.41) is 0. The van der Waals surface area contributed by atoms with Crippen LogP contribution < -0.4 is 5.73 Å². The monoisotopic (exact) mass is 177 g/mol. The number of carbonyl (C=O) groups excluding carboxylic acids is 1. The summed E-state index contributed by atoms with van der Waals surface area (Å²) in [6, 6.07) is 0. The van der Waals surface area contributed by atoms with Gasteiger partial charge in [-0.25, -0.2) is 0 Å². The highest BCUT2D eigenvalue weighted by molar-refractivity contribution is 5.85. The van der Waals surface area contributed by atoms with Gasteiger partial charge in [-0.2, -0.15) is 0 Å². The molecule has 1 saturated carbocycles. The van der Waals surface area contributed by atoms with E-state index in [-0.39, 0.29) is 24.2 Å². The number of rotatable bonds is 1. The van der Waals surface area contributed by atoms with E-state index in [1.165, 1.54) is 12.8 Å². The van der Waals surface area contributed by atoms with Gasteiger partial charge in [0.15, 0.2) is 0 Å². The maximum absolute atomic E-state index is 10.7. The van der Waals surface area contributed by atoms with E-state index in [0.717, 1.165) is 12.8 Å². The minimum atomic E-state index is -0.105. The van der Waals surface area contributed by atoms with Crippen molar-refractivity contribution in [3.05, 3.63) is 0 Å². The smallest absolute Gasteiger partial charge is 0.220 e. The summed E-state index contributed by atoms with van der Waals surface area (Å²) in [6.07, 6.45) is 4.47. The maximum Gasteiger partial charge on any atom is 0.220 e. The Bertz CT molecular complexity index is 138. The van der Waals surface area contributed by atoms with Crippen LogP contribution in [0.25, 0.3) is 0 Å². The Morgan fingerprint density at radius 3 is 2.45 bits per heavy atom. The van der Waals surface area contributed by atoms with Crippen LogP contribution in [0.3, 0.4) is 0 Å². The SMILES string of the molecule is CC1CCCC(C(N)=O)C1.Cl. The summed E-state index contributed by atoms with van der Waals surface area (Å²) in [5.41, 5.74) is 5.19. The number of amides is 1. The van der Waals surface area contributed by atoms with Gasteiger partial charge in [0.1, 0.15) is 0 Å². The van der Waals surface area contributed by atoms with Crippen molar-refractivity contribution in [3.8, 4) is 0 Å². The second-order valence-electron chi connectivity index (χ2n) is 3.37. The molecule has 11 heavy (non-hydrogen) atoms. The van der Waals surface area contributed by atoms with Crippen LogP contribution in [0.15, 0.2) is 0 Å². The van der Waals surface area contributed by atoms with Crippen molar-refractivity contribution in [1.29, 1.82) is 0 Å². The van der Waals surface area contributed by atoms with Crippen molar-refractivity contribution in [2.24, 2.45) is 17.6 Å². The van der Waals surface area contributed by atoms with Crippen LogP contribution >= 0.6 is 12.4 Å². The van der Waals surface area contributed by atoms with E-state index in [9.17, 15) is 4.79 Å². The van der Waals surface area contributed by atoms with Gasteiger partial charge >= 0.3 is 0 Å². The van der Waals surface area contributed by atoms with E-state index in [1.54, 1.807) is 0 Å². The number of halogens is 1. The molecule has 0 heterocycles. The first-order valence-electron chi connectivity index (χ1n) is 3.99. The van der Waals surface area contributed by atoms with Crippen molar-refractivity contribution in [3.63, 3.8) is 0 Å². The summed E-state index contributed by atoms with van der Waals surface area (Å²) in [5.74, 6) is 0.765. The van der Waals surface area contributed by atoms with Crippen LogP contribution in [0.5, 0.6) is 0 Å². The van der Waals surface area contributed by atoms with Crippen LogP contribution in [-0.2, 0) is 4.79 Å². The molecule has 1 fully saturated rings. The summed E-state index contributed by atoms with van der Waals surface area (Å²) >= 11 is 0. The molecule has 2 nitrogen and oxygen atoms in total. The first-order chi connectivity index (χ1) is 4.70. The maximum atomic E-state index is 10.7. The average Bonchev–Trinajstić information content (AvgIpc) is 1.88. The lowest BCUT2D eigenvalue weighted by Gasteiger charge is -2.23. The van der Waals surface area contributed by atoms with Crippen molar-refractivity contribution in [2.75, 3.05) is 0 Å². The van der Waals surface area contributed by atoms with Crippen molar-refractivity contribution >= 4 is 18.3 Å². The van der Waals surface area contributed by atoms with Gasteiger partial charge in [-0.15, -0.1) is 12.4 Å². The van der Waals surface area contributed by atoms with Gasteiger partial charge in [0.25, 0.3) is 0 Å². The van der Waals surface area contributed by atoms with Gasteiger partial charge in [0, 0.05) is 5.92 Å². The predicted octanol–water partition coefficient (Wildman–Crippen LogP) is 1.72. The molecule has 0 aliphatic heterocycles. The molecule has 1 rings (SSSR count). The Hall–Kier alpha value is -0.240. The normalized spacial score (nSPS) is 30.6. The van der Waals surface area contributed by atoms with Crippen LogP contribution in [0.1, 0.15) is 32.6 Å². The van der Waals surface area contributed by atoms with Crippen LogP contribution in [0.2, 0.25) is 0 Å². The number of carbonyl (C=O) groups is 1. The fourth-order valence-electron chi connectivity index (χ4n) is 1.69. The standard InChI is InChI=1S/C8H15NO.ClH/c1-6-3-2-4-7(5-6)8(9)10;/h6-7H,2-5H2,1H3,(H2,9,10);1H. The zero-order chi connectivity index (χ0) is 7.56. The summed E-state index contributed by atoms with van der Waals surface area (Å²) in [6.45, 7) is 2.19. The molecule has 1 aliphatic carbocycles. The molecular formula is C8H16ClNO. The average molecular weight is 178 g/mol. The van der Waals surface area contributed by atoms with Crippen LogP contribution in [0.4, 0.5) is 0 Å². The Labute approximate surface area is 73.9 Å². The molecule has 0 radical (unpaired) electrons. The highest BCUT2D eigenvalue weighted by Crippen LogP contribution is 2.27. The highest BCUT2D eigenvalue weighted by atomic mass is 35.5. The number of primary amides is 1. The zero-order valence-corrected chi connectivity index (χ0v) is 7.69. The van der Waals surface area contributed by atoms with Gasteiger partial charge in [-0.1, -0.05) is 19.8 Å². The topological polar surface area (TPSA) is 43.1 Å². The van der Waals surface area contributed by atoms with Crippen molar-refractivity contribution < 1.29 is 4.79 Å². The first-order valence-corrected chi connectivity index (χ1v) is 3.99. The molecule has 0 aromatic heterocycles. The molecule has 3 heteroatoms. The molecule has 1 amide bonds. The van der Waals surface area contributed by atoms with E-state index in [1.807, 2.05) is 0 Å². The number of hydrogen-bond acceptors (Lipinski definition) is 1. The Balaban J connectivity index is 0.000001000. The quantitative estimate of drug-likeness (QED) is 0.651. The zero-order valence-electron chi connectivity index (χ0n) is 6.88. The Morgan fingerprint density at radius 2 is 2.09 bits per heavy atom. The summed E-state index contributed by atoms with van der Waals surface area (Å²) in [4.78, 5) is 10.7. The van der Waals surface area contributed by atoms with Crippen molar-refractivity contribution in [2.45, 2.75) is 32.6 Å². The molecule has 0 spiro atoms. The van der Waals surface area contributed by atoms with Gasteiger partial charge in [0.2, 0.25) is 5.91 Å². The van der Waals surface area contributed by atoms with E-state index in [4.69, 9.17) is 5.73 Å². The number of hydrogen-bond donors (Lipinski definition) is 1. The number of nitrogens with two attached hydrogens (primary N) is 1. The van der Waals surface area contributed by atoms with E-state index in [0.29, 0.717) is 5.92 Å². The highest BCUT2D eigenvalue weighted by Gasteiger charge is 2.22. The molecule has 2 N–H and O–H groups in total. The van der Waals surface area contributed by atoms with Gasteiger partial charge < -0.3 is 5.73 Å². The minimum Gasteiger partial charge on any atom is -0.369 e. The first kappa shape index (κ1) is 10.8. The lowest BCUT2D eigenvalue weighted by Crippen LogP contribution is -2.27. The molecule has 66 valence electrons. The fourth-order valence-corrected chi connectivity index (χ4v) is 1.69. The van der Waals surface area contributed by atoms with Crippen molar-refractivity contribution in [1.82, 2.24) is 0 Å². The van der Waals surface area contributed by atoms with Crippen LogP contribution in [-0.4, -0.2) is 5.91 Å². The van der Waals surface area contributed by atoms with Crippen LogP contribution in [0, 0.1) is 11.8 Å². The largest absolute Gasteiger partial charge is 0.369 e. The molecular weight excluding hydrogens is 162 g/mol. The van der Waals surface area contributed by atoms with E-state index in [2.05, 4.69) is 6.92 Å². The second kappa shape index (κ2) is 4.60. The lowest BCUT2D eigenvalue weighted by molar-refractivity contribution is -0.123. The Kier molecular flexibility index (Phi) is 4.50. The third-order valence-electron chi connectivity index (χ3n) is 2.34. The molecule has 2 unspecified atom stereocenters. The molecule has 0 saturated heterocycles. The van der Waals surface area contributed by atoms with Gasteiger partial charge in [-0.3, -0.25) is 4.79 Å².